The molecule has 0 spiro atoms. The fourth-order valence-corrected chi connectivity index (χ4v) is 4.70. The van der Waals surface area contributed by atoms with E-state index in [-0.39, 0.29) is 56.0 Å². The Kier molecular flexibility index (Phi) is 8.77. The molecule has 1 aliphatic rings. The van der Waals surface area contributed by atoms with Crippen LogP contribution in [0.25, 0.3) is 28.1 Å². The van der Waals surface area contributed by atoms with E-state index in [4.69, 9.17) is 15.5 Å². The van der Waals surface area contributed by atoms with E-state index in [1.165, 1.54) is 27.6 Å². The van der Waals surface area contributed by atoms with Crippen molar-refractivity contribution in [3.05, 3.63) is 54.2 Å². The molecule has 38 heavy (non-hydrogen) atoms. The normalized spacial score (nSPS) is 18.9. The number of rotatable bonds is 6. The van der Waals surface area contributed by atoms with Crippen LogP contribution in [0, 0.1) is 0 Å². The summed E-state index contributed by atoms with van der Waals surface area (Å²) in [5, 5.41) is 9.18. The number of nitrogens with zero attached hydrogens (tertiary/aromatic N) is 5. The topological polar surface area (TPSA) is 81.6 Å². The van der Waals surface area contributed by atoms with Crippen molar-refractivity contribution >= 4 is 41.4 Å². The molecule has 1 aliphatic heterocycles. The van der Waals surface area contributed by atoms with E-state index in [0.29, 0.717) is 28.4 Å². The molecule has 13 heteroatoms. The van der Waals surface area contributed by atoms with E-state index < -0.39 is 24.4 Å². The van der Waals surface area contributed by atoms with Crippen molar-refractivity contribution in [1.82, 2.24) is 24.5 Å². The highest BCUT2D eigenvalue weighted by Gasteiger charge is 2.49. The number of alkyl halides is 4. The summed E-state index contributed by atoms with van der Waals surface area (Å²) >= 11 is 0. The van der Waals surface area contributed by atoms with Crippen LogP contribution in [0.5, 0.6) is 5.75 Å². The van der Waals surface area contributed by atoms with Crippen LogP contribution in [0.15, 0.2) is 48.7 Å². The SMILES string of the molecule is CC(C)Oc1cccc2ccc(-c3nnc4ccc([C@@H](N5CCC(N)(CF)C5)C(F)(F)F)cn34)nc12.Cl.Cl. The summed E-state index contributed by atoms with van der Waals surface area (Å²) in [5.41, 5.74) is 6.09. The van der Waals surface area contributed by atoms with E-state index >= 15 is 0 Å². The monoisotopic (exact) mass is 574 g/mol. The van der Waals surface area contributed by atoms with Gasteiger partial charge in [0, 0.05) is 24.7 Å². The molecule has 4 aromatic rings. The molecular formula is C25H28Cl2F4N6O. The molecule has 4 heterocycles. The Bertz CT molecular complexity index is 1420. The van der Waals surface area contributed by atoms with Gasteiger partial charge in [0.15, 0.2) is 11.5 Å². The molecule has 7 nitrogen and oxygen atoms in total. The second-order valence-electron chi connectivity index (χ2n) is 9.57. The second-order valence-corrected chi connectivity index (χ2v) is 9.57. The van der Waals surface area contributed by atoms with Crippen molar-refractivity contribution in [2.75, 3.05) is 19.8 Å². The molecule has 1 saturated heterocycles. The predicted molar refractivity (Wildman–Crippen MR) is 142 cm³/mol. The van der Waals surface area contributed by atoms with Crippen molar-refractivity contribution in [2.24, 2.45) is 5.73 Å². The summed E-state index contributed by atoms with van der Waals surface area (Å²) in [5.74, 6) is 0.899. The average molecular weight is 575 g/mol. The number of nitrogens with two attached hydrogens (primary N) is 1. The van der Waals surface area contributed by atoms with Crippen LogP contribution < -0.4 is 10.5 Å². The van der Waals surface area contributed by atoms with Crippen LogP contribution in [-0.2, 0) is 0 Å². The summed E-state index contributed by atoms with van der Waals surface area (Å²) in [6.07, 6.45) is -3.13. The number of hydrogen-bond acceptors (Lipinski definition) is 6. The molecule has 1 aromatic carbocycles. The Hall–Kier alpha value is -2.73. The number of hydrogen-bond donors (Lipinski definition) is 1. The van der Waals surface area contributed by atoms with Gasteiger partial charge in [0.25, 0.3) is 0 Å². The molecule has 2 N–H and O–H groups in total. The van der Waals surface area contributed by atoms with Gasteiger partial charge in [-0.3, -0.25) is 9.30 Å². The largest absolute Gasteiger partial charge is 0.489 e. The van der Waals surface area contributed by atoms with Crippen molar-refractivity contribution in [3.63, 3.8) is 0 Å². The van der Waals surface area contributed by atoms with E-state index in [1.807, 2.05) is 38.1 Å². The van der Waals surface area contributed by atoms with Gasteiger partial charge in [-0.15, -0.1) is 35.0 Å². The third kappa shape index (κ3) is 5.66. The summed E-state index contributed by atoms with van der Waals surface area (Å²) in [4.78, 5) is 5.90. The fraction of sp³-hybridized carbons (Fsp3) is 0.400. The number of aromatic nitrogens is 4. The van der Waals surface area contributed by atoms with E-state index in [9.17, 15) is 17.6 Å². The minimum absolute atomic E-state index is 0. The summed E-state index contributed by atoms with van der Waals surface area (Å²) < 4.78 is 63.5. The molecular weight excluding hydrogens is 547 g/mol. The standard InChI is InChI=1S/C25H26F4N6O.2ClH/c1-15(2)36-19-5-3-4-16-6-8-18(31-21(16)19)23-33-32-20-9-7-17(12-35(20)23)22(25(27,28)29)34-11-10-24(30,13-26)14-34;;/h3-9,12,15,22H,10-11,13-14,30H2,1-2H3;2*1H/t22-,24?;;/m1../s1. The Balaban J connectivity index is 0.00000200. The molecule has 3 aromatic heterocycles. The molecule has 206 valence electrons. The first-order chi connectivity index (χ1) is 17.1. The Morgan fingerprint density at radius 1 is 1.08 bits per heavy atom. The Morgan fingerprint density at radius 3 is 2.50 bits per heavy atom. The van der Waals surface area contributed by atoms with E-state index in [0.717, 1.165) is 5.39 Å². The van der Waals surface area contributed by atoms with Crippen LogP contribution in [-0.4, -0.2) is 62.1 Å². The van der Waals surface area contributed by atoms with Gasteiger partial charge in [-0.1, -0.05) is 24.3 Å². The van der Waals surface area contributed by atoms with Crippen molar-refractivity contribution in [1.29, 1.82) is 0 Å². The lowest BCUT2D eigenvalue weighted by Gasteiger charge is -2.31. The third-order valence-corrected chi connectivity index (χ3v) is 6.37. The minimum atomic E-state index is -4.59. The summed E-state index contributed by atoms with van der Waals surface area (Å²) in [6, 6.07) is 10.1. The smallest absolute Gasteiger partial charge is 0.408 e. The lowest BCUT2D eigenvalue weighted by molar-refractivity contribution is -0.184. The van der Waals surface area contributed by atoms with Crippen LogP contribution >= 0.6 is 24.8 Å². The quantitative estimate of drug-likeness (QED) is 0.304. The fourth-order valence-electron chi connectivity index (χ4n) is 4.70. The van der Waals surface area contributed by atoms with Crippen molar-refractivity contribution in [2.45, 2.75) is 44.1 Å². The highest BCUT2D eigenvalue weighted by Crippen LogP contribution is 2.41. The lowest BCUT2D eigenvalue weighted by atomic mass is 10.0. The molecule has 1 fully saturated rings. The highest BCUT2D eigenvalue weighted by molar-refractivity contribution is 5.86. The number of pyridine rings is 2. The minimum Gasteiger partial charge on any atom is -0.489 e. The molecule has 2 atom stereocenters. The molecule has 0 radical (unpaired) electrons. The first-order valence-corrected chi connectivity index (χ1v) is 11.6. The molecule has 0 amide bonds. The summed E-state index contributed by atoms with van der Waals surface area (Å²) in [7, 11) is 0. The van der Waals surface area contributed by atoms with Crippen LogP contribution in [0.3, 0.4) is 0 Å². The molecule has 0 saturated carbocycles. The van der Waals surface area contributed by atoms with E-state index in [1.54, 1.807) is 6.07 Å². The summed E-state index contributed by atoms with van der Waals surface area (Å²) in [6.45, 7) is 2.80. The van der Waals surface area contributed by atoms with Gasteiger partial charge < -0.3 is 10.5 Å². The Labute approximate surface area is 229 Å². The van der Waals surface area contributed by atoms with Crippen molar-refractivity contribution < 1.29 is 22.3 Å². The van der Waals surface area contributed by atoms with Gasteiger partial charge in [-0.05, 0) is 44.0 Å². The lowest BCUT2D eigenvalue weighted by Crippen LogP contribution is -2.47. The number of ether oxygens (including phenoxy) is 1. The third-order valence-electron chi connectivity index (χ3n) is 6.37. The average Bonchev–Trinajstić information content (AvgIpc) is 3.42. The molecule has 0 bridgehead atoms. The first kappa shape index (κ1) is 29.8. The zero-order chi connectivity index (χ0) is 25.7. The van der Waals surface area contributed by atoms with Crippen LogP contribution in [0.2, 0.25) is 0 Å². The van der Waals surface area contributed by atoms with Gasteiger partial charge in [-0.25, -0.2) is 9.37 Å². The molecule has 1 unspecified atom stereocenters. The van der Waals surface area contributed by atoms with Crippen molar-refractivity contribution in [3.8, 4) is 17.3 Å². The number of para-hydroxylation sites is 1. The maximum atomic E-state index is 14.2. The highest BCUT2D eigenvalue weighted by atomic mass is 35.5. The maximum absolute atomic E-state index is 14.2. The zero-order valence-electron chi connectivity index (χ0n) is 20.7. The maximum Gasteiger partial charge on any atom is 0.408 e. The van der Waals surface area contributed by atoms with E-state index in [2.05, 4.69) is 10.2 Å². The van der Waals surface area contributed by atoms with Gasteiger partial charge in [0.2, 0.25) is 0 Å². The van der Waals surface area contributed by atoms with Crippen LogP contribution in [0.1, 0.15) is 31.9 Å². The first-order valence-electron chi connectivity index (χ1n) is 11.6. The van der Waals surface area contributed by atoms with Gasteiger partial charge >= 0.3 is 6.18 Å². The zero-order valence-corrected chi connectivity index (χ0v) is 22.3. The number of halogens is 6. The molecule has 0 aliphatic carbocycles. The van der Waals surface area contributed by atoms with Crippen LogP contribution in [0.4, 0.5) is 17.6 Å². The predicted octanol–water partition coefficient (Wildman–Crippen LogP) is 5.55. The van der Waals surface area contributed by atoms with Gasteiger partial charge in [0.1, 0.15) is 29.7 Å². The van der Waals surface area contributed by atoms with Gasteiger partial charge in [0.05, 0.1) is 11.6 Å². The number of fused-ring (bicyclic) bond motifs is 2. The Morgan fingerprint density at radius 2 is 1.84 bits per heavy atom. The van der Waals surface area contributed by atoms with Gasteiger partial charge in [-0.2, -0.15) is 13.2 Å². The number of likely N-dealkylation sites (tertiary alicyclic amines) is 1. The number of benzene rings is 1. The molecule has 5 rings (SSSR count). The second kappa shape index (κ2) is 11.2.